The summed E-state index contributed by atoms with van der Waals surface area (Å²) in [5.74, 6) is 1.42. The Morgan fingerprint density at radius 1 is 1.15 bits per heavy atom. The largest absolute Gasteiger partial charge is 0.495 e. The standard InChI is InChI=1S/C29H36N6O5S/c1-33(41(3,38)39)26-7-5-4-6-24(26)27-11-9-22-17-30-29(32-35(22)27)31-25-10-8-21(16-28(25)40-2)20-12-14-34(15-13-20)18-23(37)19-36/h4-11,16-17,20,23,36-37H,12-15,18-19H2,1-3H3,(H,31,32)/t23-/m0/s1. The summed E-state index contributed by atoms with van der Waals surface area (Å²) in [6.07, 6.45) is 4.10. The van der Waals surface area contributed by atoms with E-state index in [2.05, 4.69) is 21.3 Å². The minimum atomic E-state index is -3.46. The van der Waals surface area contributed by atoms with Gasteiger partial charge in [-0.3, -0.25) is 4.31 Å². The monoisotopic (exact) mass is 580 g/mol. The number of methoxy groups -OCH3 is 1. The Kier molecular flexibility index (Phi) is 8.45. The fourth-order valence-electron chi connectivity index (χ4n) is 5.30. The van der Waals surface area contributed by atoms with Gasteiger partial charge in [0, 0.05) is 19.2 Å². The Balaban J connectivity index is 1.38. The maximum Gasteiger partial charge on any atom is 0.245 e. The first-order valence-electron chi connectivity index (χ1n) is 13.5. The molecule has 5 rings (SSSR count). The molecule has 2 aromatic carbocycles. The number of benzene rings is 2. The van der Waals surface area contributed by atoms with Crippen LogP contribution in [0.4, 0.5) is 17.3 Å². The molecular formula is C29H36N6O5S. The van der Waals surface area contributed by atoms with Crippen LogP contribution in [0, 0.1) is 0 Å². The van der Waals surface area contributed by atoms with Crippen molar-refractivity contribution in [2.45, 2.75) is 24.9 Å². The van der Waals surface area contributed by atoms with Gasteiger partial charge in [-0.1, -0.05) is 24.3 Å². The molecule has 0 bridgehead atoms. The van der Waals surface area contributed by atoms with Crippen molar-refractivity contribution < 1.29 is 23.4 Å². The molecule has 0 saturated carbocycles. The molecule has 218 valence electrons. The zero-order valence-electron chi connectivity index (χ0n) is 23.4. The van der Waals surface area contributed by atoms with Gasteiger partial charge in [-0.2, -0.15) is 0 Å². The summed E-state index contributed by atoms with van der Waals surface area (Å²) < 4.78 is 33.3. The van der Waals surface area contributed by atoms with Crippen LogP contribution in [0.5, 0.6) is 5.75 Å². The number of piperidine rings is 1. The highest BCUT2D eigenvalue weighted by molar-refractivity contribution is 7.92. The molecule has 11 nitrogen and oxygen atoms in total. The molecule has 4 aromatic rings. The predicted molar refractivity (Wildman–Crippen MR) is 159 cm³/mol. The number of fused-ring (bicyclic) bond motifs is 1. The number of aromatic nitrogens is 3. The molecule has 1 saturated heterocycles. The minimum Gasteiger partial charge on any atom is -0.495 e. The summed E-state index contributed by atoms with van der Waals surface area (Å²) in [4.78, 5) is 6.67. The Hall–Kier alpha value is -3.71. The summed E-state index contributed by atoms with van der Waals surface area (Å²) >= 11 is 0. The smallest absolute Gasteiger partial charge is 0.245 e. The lowest BCUT2D eigenvalue weighted by atomic mass is 9.89. The van der Waals surface area contributed by atoms with E-state index < -0.39 is 16.1 Å². The van der Waals surface area contributed by atoms with Crippen LogP contribution in [0.25, 0.3) is 16.8 Å². The number of anilines is 3. The molecule has 0 spiro atoms. The number of hydrogen-bond donors (Lipinski definition) is 3. The molecule has 0 unspecified atom stereocenters. The molecule has 1 atom stereocenters. The third-order valence-electron chi connectivity index (χ3n) is 7.63. The highest BCUT2D eigenvalue weighted by atomic mass is 32.2. The van der Waals surface area contributed by atoms with E-state index in [0.29, 0.717) is 29.8 Å². The molecule has 1 fully saturated rings. The van der Waals surface area contributed by atoms with Gasteiger partial charge in [0.25, 0.3) is 0 Å². The normalized spacial score (nSPS) is 15.6. The van der Waals surface area contributed by atoms with Crippen LogP contribution in [0.15, 0.2) is 60.8 Å². The summed E-state index contributed by atoms with van der Waals surface area (Å²) in [6.45, 7) is 1.99. The Bertz CT molecular complexity index is 1620. The number of nitrogens with zero attached hydrogens (tertiary/aromatic N) is 5. The van der Waals surface area contributed by atoms with Gasteiger partial charge in [-0.05, 0) is 67.7 Å². The molecule has 1 aliphatic rings. The zero-order chi connectivity index (χ0) is 29.1. The molecule has 1 aliphatic heterocycles. The molecule has 0 amide bonds. The van der Waals surface area contributed by atoms with Crippen molar-refractivity contribution in [3.05, 3.63) is 66.4 Å². The summed E-state index contributed by atoms with van der Waals surface area (Å²) in [6, 6.07) is 17.2. The number of likely N-dealkylation sites (tertiary alicyclic amines) is 1. The SMILES string of the molecule is COc1cc(C2CCN(C[C@H](O)CO)CC2)ccc1Nc1ncc2ccc(-c3ccccc3N(C)S(C)(=O)=O)n2n1. The van der Waals surface area contributed by atoms with Gasteiger partial charge in [0.1, 0.15) is 5.75 Å². The van der Waals surface area contributed by atoms with E-state index in [-0.39, 0.29) is 6.61 Å². The lowest BCUT2D eigenvalue weighted by Gasteiger charge is -2.33. The quantitative estimate of drug-likeness (QED) is 0.259. The molecule has 12 heteroatoms. The summed E-state index contributed by atoms with van der Waals surface area (Å²) in [5.41, 5.74) is 4.69. The van der Waals surface area contributed by atoms with E-state index in [1.54, 1.807) is 30.0 Å². The fraction of sp³-hybridized carbons (Fsp3) is 0.379. The average Bonchev–Trinajstić information content (AvgIpc) is 3.40. The lowest BCUT2D eigenvalue weighted by Crippen LogP contribution is -2.39. The number of aliphatic hydroxyl groups excluding tert-OH is 2. The predicted octanol–water partition coefficient (Wildman–Crippen LogP) is 3.08. The minimum absolute atomic E-state index is 0.221. The molecule has 2 aromatic heterocycles. The van der Waals surface area contributed by atoms with Crippen LogP contribution in [0.3, 0.4) is 0 Å². The van der Waals surface area contributed by atoms with Crippen LogP contribution in [0.2, 0.25) is 0 Å². The van der Waals surface area contributed by atoms with Crippen LogP contribution >= 0.6 is 0 Å². The maximum absolute atomic E-state index is 12.3. The van der Waals surface area contributed by atoms with Crippen molar-refractivity contribution >= 4 is 32.9 Å². The van der Waals surface area contributed by atoms with Gasteiger partial charge >= 0.3 is 0 Å². The average molecular weight is 581 g/mol. The van der Waals surface area contributed by atoms with Crippen molar-refractivity contribution in [1.82, 2.24) is 19.5 Å². The van der Waals surface area contributed by atoms with E-state index in [4.69, 9.17) is 14.9 Å². The van der Waals surface area contributed by atoms with Crippen LogP contribution < -0.4 is 14.4 Å². The second-order valence-corrected chi connectivity index (χ2v) is 12.4. The van der Waals surface area contributed by atoms with Crippen LogP contribution in [-0.4, -0.2) is 90.9 Å². The summed E-state index contributed by atoms with van der Waals surface area (Å²) in [7, 11) is -0.290. The topological polar surface area (TPSA) is 133 Å². The lowest BCUT2D eigenvalue weighted by molar-refractivity contribution is 0.0513. The van der Waals surface area contributed by atoms with Gasteiger partial charge in [0.2, 0.25) is 16.0 Å². The van der Waals surface area contributed by atoms with Crippen molar-refractivity contribution in [3.8, 4) is 17.0 Å². The van der Waals surface area contributed by atoms with Crippen molar-refractivity contribution in [2.24, 2.45) is 0 Å². The molecule has 41 heavy (non-hydrogen) atoms. The number of nitrogens with one attached hydrogen (secondary N) is 1. The third-order valence-corrected chi connectivity index (χ3v) is 8.82. The first-order valence-corrected chi connectivity index (χ1v) is 15.4. The number of rotatable bonds is 10. The Morgan fingerprint density at radius 3 is 2.61 bits per heavy atom. The number of para-hydroxylation sites is 1. The van der Waals surface area contributed by atoms with E-state index in [1.807, 2.05) is 36.4 Å². The number of aliphatic hydroxyl groups is 2. The third kappa shape index (κ3) is 6.30. The van der Waals surface area contributed by atoms with Gasteiger partial charge in [0.05, 0.1) is 54.9 Å². The van der Waals surface area contributed by atoms with Gasteiger partial charge < -0.3 is 25.2 Å². The van der Waals surface area contributed by atoms with E-state index in [9.17, 15) is 13.5 Å². The van der Waals surface area contributed by atoms with Gasteiger partial charge in [-0.25, -0.2) is 17.9 Å². The number of β-amino-alcohol motifs (C(OH)–C–C–N with tert-alkyl or cyclic N) is 1. The fourth-order valence-corrected chi connectivity index (χ4v) is 5.81. The van der Waals surface area contributed by atoms with E-state index in [1.165, 1.54) is 23.2 Å². The Morgan fingerprint density at radius 2 is 1.90 bits per heavy atom. The van der Waals surface area contributed by atoms with E-state index >= 15 is 0 Å². The highest BCUT2D eigenvalue weighted by Gasteiger charge is 2.23. The molecule has 0 radical (unpaired) electrons. The maximum atomic E-state index is 12.3. The zero-order valence-corrected chi connectivity index (χ0v) is 24.3. The van der Waals surface area contributed by atoms with Gasteiger partial charge in [0.15, 0.2) is 0 Å². The molecule has 3 heterocycles. The highest BCUT2D eigenvalue weighted by Crippen LogP contribution is 2.36. The van der Waals surface area contributed by atoms with E-state index in [0.717, 1.165) is 48.4 Å². The van der Waals surface area contributed by atoms with Gasteiger partial charge in [-0.15, -0.1) is 5.10 Å². The van der Waals surface area contributed by atoms with Crippen molar-refractivity contribution in [2.75, 3.05) is 56.3 Å². The molecular weight excluding hydrogens is 544 g/mol. The second-order valence-electron chi connectivity index (χ2n) is 10.4. The van der Waals surface area contributed by atoms with Crippen molar-refractivity contribution in [1.29, 1.82) is 0 Å². The van der Waals surface area contributed by atoms with Crippen molar-refractivity contribution in [3.63, 3.8) is 0 Å². The molecule has 3 N–H and O–H groups in total. The Labute approximate surface area is 240 Å². The molecule has 0 aliphatic carbocycles. The first-order chi connectivity index (χ1) is 19.7. The number of ether oxygens (including phenoxy) is 1. The number of hydrogen-bond acceptors (Lipinski definition) is 9. The van der Waals surface area contributed by atoms with Crippen LogP contribution in [-0.2, 0) is 10.0 Å². The second kappa shape index (κ2) is 12.0. The summed E-state index contributed by atoms with van der Waals surface area (Å²) in [5, 5.41) is 26.9. The first kappa shape index (κ1) is 28.8. The number of sulfonamides is 1. The van der Waals surface area contributed by atoms with Crippen LogP contribution in [0.1, 0.15) is 24.3 Å².